The fourth-order valence-corrected chi connectivity index (χ4v) is 2.80. The number of hydrogen-bond donors (Lipinski definition) is 1. The van der Waals surface area contributed by atoms with Gasteiger partial charge in [0.05, 0.1) is 0 Å². The van der Waals surface area contributed by atoms with Gasteiger partial charge in [0.15, 0.2) is 0 Å². The van der Waals surface area contributed by atoms with Gasteiger partial charge in [0.25, 0.3) is 0 Å². The SMILES string of the molecule is Cc1ccc(-c2ccc(F)cc2OCc2ccc(CCC(=O)O)cc2)cc1. The molecule has 3 aromatic rings. The summed E-state index contributed by atoms with van der Waals surface area (Å²) in [6.45, 7) is 2.33. The lowest BCUT2D eigenvalue weighted by molar-refractivity contribution is -0.136. The highest BCUT2D eigenvalue weighted by molar-refractivity contribution is 5.70. The van der Waals surface area contributed by atoms with Crippen LogP contribution in [0.3, 0.4) is 0 Å². The minimum absolute atomic E-state index is 0.110. The molecule has 27 heavy (non-hydrogen) atoms. The van der Waals surface area contributed by atoms with E-state index in [-0.39, 0.29) is 12.2 Å². The Labute approximate surface area is 158 Å². The summed E-state index contributed by atoms with van der Waals surface area (Å²) in [5, 5.41) is 8.75. The van der Waals surface area contributed by atoms with Crippen LogP contribution in [0.25, 0.3) is 11.1 Å². The second-order valence-corrected chi connectivity index (χ2v) is 6.51. The van der Waals surface area contributed by atoms with Gasteiger partial charge >= 0.3 is 5.97 Å². The zero-order valence-corrected chi connectivity index (χ0v) is 15.1. The maximum Gasteiger partial charge on any atom is 0.303 e. The van der Waals surface area contributed by atoms with E-state index >= 15 is 0 Å². The van der Waals surface area contributed by atoms with Crippen molar-refractivity contribution in [1.82, 2.24) is 0 Å². The van der Waals surface area contributed by atoms with Crippen molar-refractivity contribution >= 4 is 5.97 Å². The third kappa shape index (κ3) is 5.17. The van der Waals surface area contributed by atoms with Gasteiger partial charge in [-0.25, -0.2) is 4.39 Å². The number of halogens is 1. The Bertz CT molecular complexity index is 915. The molecule has 138 valence electrons. The van der Waals surface area contributed by atoms with Gasteiger partial charge in [0.2, 0.25) is 0 Å². The number of carboxylic acid groups (broad SMARTS) is 1. The smallest absolute Gasteiger partial charge is 0.303 e. The van der Waals surface area contributed by atoms with Crippen LogP contribution >= 0.6 is 0 Å². The van der Waals surface area contributed by atoms with Crippen molar-refractivity contribution in [3.63, 3.8) is 0 Å². The molecule has 0 fully saturated rings. The number of aliphatic carboxylic acids is 1. The van der Waals surface area contributed by atoms with Crippen molar-refractivity contribution in [3.8, 4) is 16.9 Å². The van der Waals surface area contributed by atoms with Crippen LogP contribution in [0.5, 0.6) is 5.75 Å². The van der Waals surface area contributed by atoms with Crippen molar-refractivity contribution < 1.29 is 19.0 Å². The van der Waals surface area contributed by atoms with Gasteiger partial charge in [0.1, 0.15) is 18.2 Å². The Kier molecular flexibility index (Phi) is 5.87. The Hall–Kier alpha value is -3.14. The summed E-state index contributed by atoms with van der Waals surface area (Å²) in [4.78, 5) is 10.6. The molecule has 3 aromatic carbocycles. The average molecular weight is 364 g/mol. The first-order chi connectivity index (χ1) is 13.0. The summed E-state index contributed by atoms with van der Waals surface area (Å²) in [6, 6.07) is 20.2. The molecular formula is C23H21FO3. The predicted molar refractivity (Wildman–Crippen MR) is 103 cm³/mol. The predicted octanol–water partition coefficient (Wildman–Crippen LogP) is 5.40. The molecule has 0 heterocycles. The lowest BCUT2D eigenvalue weighted by Crippen LogP contribution is -1.99. The second-order valence-electron chi connectivity index (χ2n) is 6.51. The van der Waals surface area contributed by atoms with E-state index in [4.69, 9.17) is 9.84 Å². The van der Waals surface area contributed by atoms with E-state index in [1.54, 1.807) is 6.07 Å². The fourth-order valence-electron chi connectivity index (χ4n) is 2.80. The van der Waals surface area contributed by atoms with Crippen LogP contribution in [0, 0.1) is 12.7 Å². The van der Waals surface area contributed by atoms with Gasteiger partial charge in [-0.2, -0.15) is 0 Å². The number of hydrogen-bond acceptors (Lipinski definition) is 2. The Morgan fingerprint density at radius 1 is 0.963 bits per heavy atom. The minimum atomic E-state index is -0.808. The molecule has 0 spiro atoms. The maximum atomic E-state index is 13.7. The molecule has 3 nitrogen and oxygen atoms in total. The lowest BCUT2D eigenvalue weighted by Gasteiger charge is -2.13. The van der Waals surface area contributed by atoms with E-state index in [2.05, 4.69) is 0 Å². The molecule has 0 aliphatic rings. The highest BCUT2D eigenvalue weighted by atomic mass is 19.1. The van der Waals surface area contributed by atoms with Crippen LogP contribution in [0.1, 0.15) is 23.1 Å². The molecule has 3 rings (SSSR count). The third-order valence-corrected chi connectivity index (χ3v) is 4.35. The highest BCUT2D eigenvalue weighted by Crippen LogP contribution is 2.31. The third-order valence-electron chi connectivity index (χ3n) is 4.35. The van der Waals surface area contributed by atoms with Crippen LogP contribution in [-0.4, -0.2) is 11.1 Å². The van der Waals surface area contributed by atoms with E-state index < -0.39 is 5.97 Å². The van der Waals surface area contributed by atoms with Gasteiger partial charge in [-0.1, -0.05) is 54.1 Å². The van der Waals surface area contributed by atoms with Crippen LogP contribution in [0.4, 0.5) is 4.39 Å². The molecule has 0 aliphatic carbocycles. The summed E-state index contributed by atoms with van der Waals surface area (Å²) < 4.78 is 19.6. The molecule has 4 heteroatoms. The van der Waals surface area contributed by atoms with Crippen molar-refractivity contribution in [2.75, 3.05) is 0 Å². The zero-order chi connectivity index (χ0) is 19.2. The van der Waals surface area contributed by atoms with Gasteiger partial charge in [-0.3, -0.25) is 4.79 Å². The van der Waals surface area contributed by atoms with Crippen LogP contribution in [0.15, 0.2) is 66.7 Å². The standard InChI is InChI=1S/C23H21FO3/c1-16-2-9-19(10-3-16)21-12-11-20(24)14-22(21)27-15-18-6-4-17(5-7-18)8-13-23(25)26/h2-7,9-12,14H,8,13,15H2,1H3,(H,25,26). The fraction of sp³-hybridized carbons (Fsp3) is 0.174. The van der Waals surface area contributed by atoms with Gasteiger partial charge < -0.3 is 9.84 Å². The number of aryl methyl sites for hydroxylation is 2. The second kappa shape index (κ2) is 8.49. The summed E-state index contributed by atoms with van der Waals surface area (Å²) in [5.41, 5.74) is 4.88. The van der Waals surface area contributed by atoms with Crippen LogP contribution in [-0.2, 0) is 17.8 Å². The first kappa shape index (κ1) is 18.6. The Balaban J connectivity index is 1.73. The van der Waals surface area contributed by atoms with Crippen LogP contribution < -0.4 is 4.74 Å². The molecule has 0 amide bonds. The first-order valence-corrected chi connectivity index (χ1v) is 8.80. The van der Waals surface area contributed by atoms with E-state index in [0.717, 1.165) is 27.8 Å². The summed E-state index contributed by atoms with van der Waals surface area (Å²) in [5.74, 6) is -0.657. The summed E-state index contributed by atoms with van der Waals surface area (Å²) >= 11 is 0. The molecule has 0 saturated carbocycles. The molecule has 0 aliphatic heterocycles. The van der Waals surface area contributed by atoms with Crippen molar-refractivity contribution in [2.24, 2.45) is 0 Å². The first-order valence-electron chi connectivity index (χ1n) is 8.80. The van der Waals surface area contributed by atoms with E-state index in [1.165, 1.54) is 12.1 Å². The number of carbonyl (C=O) groups is 1. The monoisotopic (exact) mass is 364 g/mol. The average Bonchev–Trinajstić information content (AvgIpc) is 2.66. The van der Waals surface area contributed by atoms with E-state index in [0.29, 0.717) is 18.8 Å². The molecule has 0 radical (unpaired) electrons. The minimum Gasteiger partial charge on any atom is -0.488 e. The molecule has 0 bridgehead atoms. The number of ether oxygens (including phenoxy) is 1. The molecule has 0 aromatic heterocycles. The molecular weight excluding hydrogens is 343 g/mol. The molecule has 0 atom stereocenters. The Morgan fingerprint density at radius 3 is 2.30 bits per heavy atom. The number of carboxylic acids is 1. The van der Waals surface area contributed by atoms with Gasteiger partial charge in [-0.15, -0.1) is 0 Å². The summed E-state index contributed by atoms with van der Waals surface area (Å²) in [7, 11) is 0. The zero-order valence-electron chi connectivity index (χ0n) is 15.1. The lowest BCUT2D eigenvalue weighted by atomic mass is 10.0. The topological polar surface area (TPSA) is 46.5 Å². The molecule has 0 unspecified atom stereocenters. The number of rotatable bonds is 7. The van der Waals surface area contributed by atoms with Crippen molar-refractivity contribution in [2.45, 2.75) is 26.4 Å². The van der Waals surface area contributed by atoms with Gasteiger partial charge in [0, 0.05) is 18.1 Å². The Morgan fingerprint density at radius 2 is 1.63 bits per heavy atom. The molecule has 0 saturated heterocycles. The highest BCUT2D eigenvalue weighted by Gasteiger charge is 2.09. The van der Waals surface area contributed by atoms with E-state index in [1.807, 2.05) is 55.5 Å². The van der Waals surface area contributed by atoms with Gasteiger partial charge in [-0.05, 0) is 42.2 Å². The van der Waals surface area contributed by atoms with Crippen molar-refractivity contribution in [3.05, 3.63) is 89.2 Å². The quantitative estimate of drug-likeness (QED) is 0.611. The maximum absolute atomic E-state index is 13.7. The van der Waals surface area contributed by atoms with E-state index in [9.17, 15) is 9.18 Å². The van der Waals surface area contributed by atoms with Crippen LogP contribution in [0.2, 0.25) is 0 Å². The summed E-state index contributed by atoms with van der Waals surface area (Å²) in [6.07, 6.45) is 0.608. The molecule has 1 N–H and O–H groups in total. The number of benzene rings is 3. The largest absolute Gasteiger partial charge is 0.488 e. The van der Waals surface area contributed by atoms with Crippen molar-refractivity contribution in [1.29, 1.82) is 0 Å². The normalized spacial score (nSPS) is 10.6.